The highest BCUT2D eigenvalue weighted by Gasteiger charge is 2.46. The Morgan fingerprint density at radius 2 is 1.01 bits per heavy atom. The SMILES string of the molecule is CCCCc1c(N2c3ccc(-c4ccccc4)cc3B3c4ccc(-n5c6ccccc6c6ccccc65)cc4N(c4c(-c5ccccc5)cccc4-c4ccccc4)c4cc(C(C)(C)C)cc2c43)ccc2oc3ccccc3c12. The quantitative estimate of drug-likeness (QED) is 0.135. The van der Waals surface area contributed by atoms with Gasteiger partial charge in [-0.05, 0) is 129 Å². The van der Waals surface area contributed by atoms with Gasteiger partial charge in [-0.25, -0.2) is 0 Å². The molecule has 0 saturated carbocycles. The number of fused-ring (bicyclic) bond motifs is 10. The minimum atomic E-state index is -0.224. The van der Waals surface area contributed by atoms with E-state index in [1.807, 2.05) is 0 Å². The van der Waals surface area contributed by atoms with E-state index in [9.17, 15) is 0 Å². The molecule has 4 heterocycles. The Labute approximate surface area is 462 Å². The van der Waals surface area contributed by atoms with E-state index < -0.39 is 0 Å². The van der Waals surface area contributed by atoms with Gasteiger partial charge in [0.1, 0.15) is 11.2 Å². The van der Waals surface area contributed by atoms with Gasteiger partial charge >= 0.3 is 0 Å². The predicted molar refractivity (Wildman–Crippen MR) is 336 cm³/mol. The van der Waals surface area contributed by atoms with Gasteiger partial charge in [-0.15, -0.1) is 0 Å². The summed E-state index contributed by atoms with van der Waals surface area (Å²) in [5, 5.41) is 4.86. The molecule has 2 aliphatic heterocycles. The van der Waals surface area contributed by atoms with Crippen LogP contribution >= 0.6 is 0 Å². The number of para-hydroxylation sites is 4. The highest BCUT2D eigenvalue weighted by molar-refractivity contribution is 7.00. The van der Waals surface area contributed by atoms with Gasteiger partial charge in [-0.1, -0.05) is 216 Å². The standard InChI is InChI=1S/C74H58BN3O/c1-5-6-29-58-64(42-43-70-71(58)59-32-18-21-37-69(59)79-70)77-65-41-38-51(48-23-10-7-11-24-48)44-61(65)75-60-40-39-53(76-62-35-19-16-30-56(62)57-31-17-20-36-63(57)76)47-66(60)78(68-46-52(74(2,3)4)45-67(77)72(68)75)73-54(49-25-12-8-13-26-49)33-22-34-55(73)50-27-14-9-15-28-50/h7-28,30-47H,5-6,29H2,1-4H3. The average molecular weight is 1020 g/mol. The Morgan fingerprint density at radius 3 is 1.66 bits per heavy atom. The number of hydrogen-bond donors (Lipinski definition) is 0. The Bertz CT molecular complexity index is 4420. The maximum Gasteiger partial charge on any atom is 0.252 e. The molecule has 13 aromatic rings. The molecule has 0 bridgehead atoms. The van der Waals surface area contributed by atoms with Crippen LogP contribution in [0.5, 0.6) is 0 Å². The summed E-state index contributed by atoms with van der Waals surface area (Å²) >= 11 is 0. The van der Waals surface area contributed by atoms with Gasteiger partial charge in [0.15, 0.2) is 0 Å². The summed E-state index contributed by atoms with van der Waals surface area (Å²) in [5.41, 5.74) is 25.7. The summed E-state index contributed by atoms with van der Waals surface area (Å²) in [6.07, 6.45) is 3.04. The van der Waals surface area contributed by atoms with Gasteiger partial charge < -0.3 is 18.8 Å². The van der Waals surface area contributed by atoms with Crippen LogP contribution in [0.1, 0.15) is 51.7 Å². The first-order chi connectivity index (χ1) is 38.8. The van der Waals surface area contributed by atoms with Crippen molar-refractivity contribution in [2.24, 2.45) is 0 Å². The molecule has 0 N–H and O–H groups in total. The van der Waals surface area contributed by atoms with E-state index in [1.165, 1.54) is 111 Å². The second-order valence-electron chi connectivity index (χ2n) is 22.6. The van der Waals surface area contributed by atoms with Gasteiger partial charge in [-0.2, -0.15) is 0 Å². The van der Waals surface area contributed by atoms with E-state index in [4.69, 9.17) is 4.42 Å². The molecule has 0 fully saturated rings. The molecule has 0 atom stereocenters. The van der Waals surface area contributed by atoms with E-state index in [0.717, 1.165) is 52.9 Å². The Morgan fingerprint density at radius 1 is 0.430 bits per heavy atom. The van der Waals surface area contributed by atoms with Crippen LogP contribution in [0.3, 0.4) is 0 Å². The molecule has 5 heteroatoms. The minimum Gasteiger partial charge on any atom is -0.456 e. The van der Waals surface area contributed by atoms with E-state index in [1.54, 1.807) is 0 Å². The number of rotatable bonds is 9. The fourth-order valence-corrected chi connectivity index (χ4v) is 13.2. The minimum absolute atomic E-state index is 0.131. The van der Waals surface area contributed by atoms with Gasteiger partial charge in [0, 0.05) is 61.1 Å². The largest absolute Gasteiger partial charge is 0.456 e. The first-order valence-corrected chi connectivity index (χ1v) is 28.1. The van der Waals surface area contributed by atoms with Crippen LogP contribution in [0.15, 0.2) is 247 Å². The summed E-state index contributed by atoms with van der Waals surface area (Å²) in [6.45, 7) is 9.29. The summed E-state index contributed by atoms with van der Waals surface area (Å²) < 4.78 is 9.18. The molecule has 0 unspecified atom stereocenters. The molecule has 378 valence electrons. The van der Waals surface area contributed by atoms with Gasteiger partial charge in [0.25, 0.3) is 6.71 Å². The molecule has 11 aromatic carbocycles. The smallest absolute Gasteiger partial charge is 0.252 e. The zero-order chi connectivity index (χ0) is 52.9. The van der Waals surface area contributed by atoms with Crippen LogP contribution in [0.4, 0.5) is 34.1 Å². The molecule has 2 aliphatic rings. The van der Waals surface area contributed by atoms with Crippen molar-refractivity contribution in [1.29, 1.82) is 0 Å². The second-order valence-corrected chi connectivity index (χ2v) is 22.6. The molecule has 2 aromatic heterocycles. The number of furan rings is 1. The highest BCUT2D eigenvalue weighted by atomic mass is 16.3. The first kappa shape index (κ1) is 46.9. The third-order valence-corrected chi connectivity index (χ3v) is 16.9. The lowest BCUT2D eigenvalue weighted by molar-refractivity contribution is 0.590. The van der Waals surface area contributed by atoms with E-state index >= 15 is 0 Å². The topological polar surface area (TPSA) is 24.6 Å². The van der Waals surface area contributed by atoms with Crippen LogP contribution in [0.2, 0.25) is 0 Å². The second kappa shape index (κ2) is 18.4. The number of anilines is 6. The van der Waals surface area contributed by atoms with Gasteiger partial charge in [-0.3, -0.25) is 0 Å². The molecule has 4 nitrogen and oxygen atoms in total. The number of aryl methyl sites for hydroxylation is 1. The molecule has 0 spiro atoms. The third-order valence-electron chi connectivity index (χ3n) is 16.9. The normalized spacial score (nSPS) is 12.9. The molecule has 79 heavy (non-hydrogen) atoms. The maximum absolute atomic E-state index is 6.70. The molecule has 0 aliphatic carbocycles. The lowest BCUT2D eigenvalue weighted by Gasteiger charge is -2.46. The lowest BCUT2D eigenvalue weighted by Crippen LogP contribution is -2.61. The molecule has 0 amide bonds. The molecular weight excluding hydrogens is 958 g/mol. The average Bonchev–Trinajstić information content (AvgIpc) is 4.16. The van der Waals surface area contributed by atoms with Crippen molar-refractivity contribution in [1.82, 2.24) is 4.57 Å². The number of benzene rings is 11. The Kier molecular flexibility index (Phi) is 10.9. The van der Waals surface area contributed by atoms with Crippen molar-refractivity contribution in [3.63, 3.8) is 0 Å². The first-order valence-electron chi connectivity index (χ1n) is 28.1. The van der Waals surface area contributed by atoms with Crippen molar-refractivity contribution in [2.75, 3.05) is 9.80 Å². The van der Waals surface area contributed by atoms with Crippen LogP contribution in [-0.2, 0) is 11.8 Å². The van der Waals surface area contributed by atoms with Crippen LogP contribution < -0.4 is 26.2 Å². The monoisotopic (exact) mass is 1020 g/mol. The number of unbranched alkanes of at least 4 members (excludes halogenated alkanes) is 1. The van der Waals surface area contributed by atoms with Crippen molar-refractivity contribution in [2.45, 2.75) is 52.4 Å². The van der Waals surface area contributed by atoms with Gasteiger partial charge in [0.05, 0.1) is 22.4 Å². The van der Waals surface area contributed by atoms with Crippen molar-refractivity contribution < 1.29 is 4.42 Å². The molecule has 15 rings (SSSR count). The van der Waals surface area contributed by atoms with Crippen LogP contribution in [-0.4, -0.2) is 11.3 Å². The number of hydrogen-bond acceptors (Lipinski definition) is 3. The van der Waals surface area contributed by atoms with Gasteiger partial charge in [0.2, 0.25) is 0 Å². The number of aromatic nitrogens is 1. The van der Waals surface area contributed by atoms with E-state index in [0.29, 0.717) is 0 Å². The molecule has 0 radical (unpaired) electrons. The number of nitrogens with zero attached hydrogens (tertiary/aromatic N) is 3. The Balaban J connectivity index is 1.11. The Hall–Kier alpha value is -9.32. The van der Waals surface area contributed by atoms with E-state index in [2.05, 4.69) is 285 Å². The summed E-state index contributed by atoms with van der Waals surface area (Å²) in [6, 6.07) is 90.5. The molecule has 0 saturated heterocycles. The predicted octanol–water partition coefficient (Wildman–Crippen LogP) is 18.4. The fourth-order valence-electron chi connectivity index (χ4n) is 13.2. The zero-order valence-electron chi connectivity index (χ0n) is 45.0. The zero-order valence-corrected chi connectivity index (χ0v) is 45.0. The highest BCUT2D eigenvalue weighted by Crippen LogP contribution is 2.53. The molecular formula is C74H58BN3O. The van der Waals surface area contributed by atoms with Crippen molar-refractivity contribution in [3.05, 3.63) is 254 Å². The van der Waals surface area contributed by atoms with Crippen LogP contribution in [0, 0.1) is 0 Å². The lowest BCUT2D eigenvalue weighted by atomic mass is 9.33. The maximum atomic E-state index is 6.70. The third kappa shape index (κ3) is 7.43. The van der Waals surface area contributed by atoms with Crippen molar-refractivity contribution in [3.8, 4) is 39.1 Å². The fraction of sp³-hybridized carbons (Fsp3) is 0.108. The summed E-state index contributed by atoms with van der Waals surface area (Å²) in [4.78, 5) is 5.33. The summed E-state index contributed by atoms with van der Waals surface area (Å²) in [7, 11) is 0. The summed E-state index contributed by atoms with van der Waals surface area (Å²) in [5.74, 6) is 0. The van der Waals surface area contributed by atoms with Crippen LogP contribution in [0.25, 0.3) is 82.8 Å². The van der Waals surface area contributed by atoms with E-state index in [-0.39, 0.29) is 12.1 Å². The van der Waals surface area contributed by atoms with Crippen molar-refractivity contribution >= 4 is 101 Å².